The Morgan fingerprint density at radius 2 is 2.00 bits per heavy atom. The molecule has 1 fully saturated rings. The van der Waals surface area contributed by atoms with Crippen molar-refractivity contribution in [1.29, 1.82) is 0 Å². The molecule has 0 radical (unpaired) electrons. The van der Waals surface area contributed by atoms with E-state index in [0.29, 0.717) is 6.04 Å². The van der Waals surface area contributed by atoms with E-state index in [1.165, 1.54) is 38.8 Å². The van der Waals surface area contributed by atoms with Crippen LogP contribution in [0.25, 0.3) is 0 Å². The largest absolute Gasteiger partial charge is 0.317 e. The van der Waals surface area contributed by atoms with Crippen molar-refractivity contribution in [2.45, 2.75) is 65.5 Å². The van der Waals surface area contributed by atoms with Crippen LogP contribution in [-0.2, 0) is 0 Å². The Kier molecular flexibility index (Phi) is 6.50. The smallest absolute Gasteiger partial charge is 0.00927 e. The highest BCUT2D eigenvalue weighted by molar-refractivity contribution is 4.82. The molecule has 1 saturated heterocycles. The molecule has 4 unspecified atom stereocenters. The Balaban J connectivity index is 2.29. The summed E-state index contributed by atoms with van der Waals surface area (Å²) in [6, 6.07) is 1.49. The first kappa shape index (κ1) is 15.0. The van der Waals surface area contributed by atoms with Crippen molar-refractivity contribution in [3.05, 3.63) is 0 Å². The second-order valence-electron chi connectivity index (χ2n) is 6.09. The second-order valence-corrected chi connectivity index (χ2v) is 6.09. The van der Waals surface area contributed by atoms with Gasteiger partial charge in [-0.05, 0) is 58.0 Å². The van der Waals surface area contributed by atoms with Crippen LogP contribution in [0.4, 0.5) is 0 Å². The van der Waals surface area contributed by atoms with Crippen LogP contribution in [0.5, 0.6) is 0 Å². The Labute approximate surface area is 108 Å². The molecule has 1 aliphatic rings. The molecule has 1 N–H and O–H groups in total. The molecule has 0 aromatic rings. The van der Waals surface area contributed by atoms with Crippen LogP contribution < -0.4 is 5.32 Å². The second kappa shape index (κ2) is 7.38. The summed E-state index contributed by atoms with van der Waals surface area (Å²) in [5.41, 5.74) is 0. The monoisotopic (exact) mass is 240 g/mol. The molecule has 102 valence electrons. The molecule has 1 heterocycles. The molecule has 0 aromatic heterocycles. The molecule has 17 heavy (non-hydrogen) atoms. The third-order valence-corrected chi connectivity index (χ3v) is 4.62. The van der Waals surface area contributed by atoms with Gasteiger partial charge < -0.3 is 10.2 Å². The molecule has 0 amide bonds. The van der Waals surface area contributed by atoms with E-state index in [-0.39, 0.29) is 0 Å². The van der Waals surface area contributed by atoms with Crippen molar-refractivity contribution in [3.63, 3.8) is 0 Å². The lowest BCUT2D eigenvalue weighted by atomic mass is 9.86. The number of rotatable bonds is 6. The third kappa shape index (κ3) is 4.59. The van der Waals surface area contributed by atoms with Crippen LogP contribution in [0.15, 0.2) is 0 Å². The summed E-state index contributed by atoms with van der Waals surface area (Å²) in [4.78, 5) is 2.71. The molecular formula is C15H32N2. The van der Waals surface area contributed by atoms with Gasteiger partial charge in [-0.2, -0.15) is 0 Å². The molecule has 1 aliphatic heterocycles. The lowest BCUT2D eigenvalue weighted by Crippen LogP contribution is -2.46. The summed E-state index contributed by atoms with van der Waals surface area (Å²) < 4.78 is 0. The Morgan fingerprint density at radius 3 is 2.59 bits per heavy atom. The topological polar surface area (TPSA) is 15.3 Å². The molecule has 0 bridgehead atoms. The molecule has 2 heteroatoms. The van der Waals surface area contributed by atoms with Crippen molar-refractivity contribution in [2.24, 2.45) is 11.8 Å². The van der Waals surface area contributed by atoms with E-state index in [0.717, 1.165) is 17.9 Å². The normalized spacial score (nSPS) is 32.6. The molecule has 4 atom stereocenters. The van der Waals surface area contributed by atoms with Gasteiger partial charge in [0.15, 0.2) is 0 Å². The zero-order valence-corrected chi connectivity index (χ0v) is 12.5. The fraction of sp³-hybridized carbons (Fsp3) is 1.00. The number of piperidine rings is 1. The summed E-state index contributed by atoms with van der Waals surface area (Å²) in [6.07, 6.45) is 5.31. The first-order valence-corrected chi connectivity index (χ1v) is 7.49. The van der Waals surface area contributed by atoms with Crippen LogP contribution in [0, 0.1) is 11.8 Å². The third-order valence-electron chi connectivity index (χ3n) is 4.62. The average Bonchev–Trinajstić information content (AvgIpc) is 2.30. The first-order valence-electron chi connectivity index (χ1n) is 7.49. The fourth-order valence-corrected chi connectivity index (χ4v) is 3.22. The van der Waals surface area contributed by atoms with E-state index in [2.05, 4.69) is 45.0 Å². The predicted octanol–water partition coefficient (Wildman–Crippen LogP) is 3.13. The lowest BCUT2D eigenvalue weighted by Gasteiger charge is -2.41. The van der Waals surface area contributed by atoms with Crippen molar-refractivity contribution in [2.75, 3.05) is 20.1 Å². The summed E-state index contributed by atoms with van der Waals surface area (Å²) in [5, 5.41) is 3.40. The van der Waals surface area contributed by atoms with Crippen molar-refractivity contribution >= 4 is 0 Å². The van der Waals surface area contributed by atoms with Gasteiger partial charge in [0.05, 0.1) is 0 Å². The Bertz CT molecular complexity index is 201. The number of hydrogen-bond acceptors (Lipinski definition) is 2. The minimum Gasteiger partial charge on any atom is -0.317 e. The van der Waals surface area contributed by atoms with E-state index in [9.17, 15) is 0 Å². The van der Waals surface area contributed by atoms with E-state index >= 15 is 0 Å². The van der Waals surface area contributed by atoms with Gasteiger partial charge in [0.25, 0.3) is 0 Å². The minimum atomic E-state index is 0.713. The van der Waals surface area contributed by atoms with Crippen molar-refractivity contribution in [3.8, 4) is 0 Å². The highest BCUT2D eigenvalue weighted by atomic mass is 15.2. The number of nitrogens with one attached hydrogen (secondary N) is 1. The van der Waals surface area contributed by atoms with Crippen LogP contribution in [-0.4, -0.2) is 37.1 Å². The quantitative estimate of drug-likeness (QED) is 0.767. The molecule has 2 nitrogen and oxygen atoms in total. The van der Waals surface area contributed by atoms with E-state index < -0.39 is 0 Å². The van der Waals surface area contributed by atoms with Gasteiger partial charge >= 0.3 is 0 Å². The van der Waals surface area contributed by atoms with Gasteiger partial charge in [-0.25, -0.2) is 0 Å². The Hall–Kier alpha value is -0.0800. The van der Waals surface area contributed by atoms with Crippen molar-refractivity contribution in [1.82, 2.24) is 10.2 Å². The minimum absolute atomic E-state index is 0.713. The molecule has 0 saturated carbocycles. The first-order chi connectivity index (χ1) is 8.08. The summed E-state index contributed by atoms with van der Waals surface area (Å²) >= 11 is 0. The van der Waals surface area contributed by atoms with Gasteiger partial charge in [0.2, 0.25) is 0 Å². The fourth-order valence-electron chi connectivity index (χ4n) is 3.22. The molecule has 1 rings (SSSR count). The van der Waals surface area contributed by atoms with E-state index in [1.54, 1.807) is 0 Å². The maximum Gasteiger partial charge on any atom is 0.00927 e. The van der Waals surface area contributed by atoms with Crippen LogP contribution in [0.2, 0.25) is 0 Å². The molecule has 0 spiro atoms. The van der Waals surface area contributed by atoms with Crippen LogP contribution >= 0.6 is 0 Å². The molecular weight excluding hydrogens is 208 g/mol. The summed E-state index contributed by atoms with van der Waals surface area (Å²) in [6.45, 7) is 12.1. The van der Waals surface area contributed by atoms with E-state index in [1.807, 2.05) is 0 Å². The maximum atomic E-state index is 3.40. The van der Waals surface area contributed by atoms with Gasteiger partial charge in [-0.3, -0.25) is 0 Å². The summed E-state index contributed by atoms with van der Waals surface area (Å²) in [5.74, 6) is 1.75. The highest BCUT2D eigenvalue weighted by Crippen LogP contribution is 2.27. The predicted molar refractivity (Wildman–Crippen MR) is 76.4 cm³/mol. The highest BCUT2D eigenvalue weighted by Gasteiger charge is 2.28. The van der Waals surface area contributed by atoms with Gasteiger partial charge in [-0.1, -0.05) is 20.8 Å². The van der Waals surface area contributed by atoms with Gasteiger partial charge in [-0.15, -0.1) is 0 Å². The zero-order valence-electron chi connectivity index (χ0n) is 12.5. The number of nitrogens with zero attached hydrogens (tertiary/aromatic N) is 1. The zero-order chi connectivity index (χ0) is 12.8. The standard InChI is InChI=1S/C15H32N2/c1-6-15(16-5)8-7-9-17-11-12(2)10-13(3)14(17)4/h12-16H,6-11H2,1-5H3. The van der Waals surface area contributed by atoms with Gasteiger partial charge in [0.1, 0.15) is 0 Å². The van der Waals surface area contributed by atoms with E-state index in [4.69, 9.17) is 0 Å². The number of hydrogen-bond donors (Lipinski definition) is 1. The summed E-state index contributed by atoms with van der Waals surface area (Å²) in [7, 11) is 2.09. The van der Waals surface area contributed by atoms with Crippen molar-refractivity contribution < 1.29 is 0 Å². The molecule has 0 aromatic carbocycles. The lowest BCUT2D eigenvalue weighted by molar-refractivity contribution is 0.0775. The van der Waals surface area contributed by atoms with Crippen LogP contribution in [0.3, 0.4) is 0 Å². The Morgan fingerprint density at radius 1 is 1.29 bits per heavy atom. The van der Waals surface area contributed by atoms with Gasteiger partial charge in [0, 0.05) is 18.6 Å². The average molecular weight is 240 g/mol. The molecule has 0 aliphatic carbocycles. The SMILES string of the molecule is CCC(CCCN1CC(C)CC(C)C1C)NC. The maximum absolute atomic E-state index is 3.40. The number of likely N-dealkylation sites (tertiary alicyclic amines) is 1. The van der Waals surface area contributed by atoms with Crippen LogP contribution in [0.1, 0.15) is 53.4 Å².